The van der Waals surface area contributed by atoms with E-state index in [1.54, 1.807) is 0 Å². The van der Waals surface area contributed by atoms with Crippen molar-refractivity contribution >= 4 is 101 Å². The largest absolute Gasteiger partial charge is 0.813 e. The maximum absolute atomic E-state index is 4.82. The van der Waals surface area contributed by atoms with Gasteiger partial charge in [-0.2, -0.15) is 0 Å². The monoisotopic (exact) mass is 933 g/mol. The summed E-state index contributed by atoms with van der Waals surface area (Å²) < 4.78 is 9.64. The normalized spacial score (nSPS) is 11.5. The van der Waals surface area contributed by atoms with Gasteiger partial charge in [-0.25, -0.2) is 0 Å². The van der Waals surface area contributed by atoms with Crippen LogP contribution in [0.4, 0.5) is 0 Å². The van der Waals surface area contributed by atoms with Crippen LogP contribution in [-0.4, -0.2) is 62.9 Å². The Bertz CT molecular complexity index is 1170. The van der Waals surface area contributed by atoms with Crippen molar-refractivity contribution in [3.05, 3.63) is 131 Å². The van der Waals surface area contributed by atoms with E-state index in [4.69, 9.17) is 9.30 Å². The number of nitrogens with zero attached hydrogens (tertiary/aromatic N) is 2. The predicted octanol–water partition coefficient (Wildman–Crippen LogP) is 10.1. The van der Waals surface area contributed by atoms with Gasteiger partial charge >= 0.3 is 0 Å². The molecule has 0 fully saturated rings. The predicted molar refractivity (Wildman–Crippen MR) is 245 cm³/mol. The second kappa shape index (κ2) is 24.4. The Morgan fingerprint density at radius 2 is 0.531 bits per heavy atom. The van der Waals surface area contributed by atoms with Crippen molar-refractivity contribution < 1.29 is 20.4 Å². The molecule has 0 amide bonds. The van der Waals surface area contributed by atoms with Crippen molar-refractivity contribution in [1.82, 2.24) is 0 Å². The first-order chi connectivity index (χ1) is 21.3. The molecule has 0 atom stereocenters. The van der Waals surface area contributed by atoms with Gasteiger partial charge in [0, 0.05) is 38.0 Å². The van der Waals surface area contributed by atoms with Gasteiger partial charge in [0.2, 0.25) is 0 Å². The van der Waals surface area contributed by atoms with E-state index < -0.39 is 48.8 Å². The molecule has 0 saturated carbocycles. The zero-order valence-electron chi connectivity index (χ0n) is 32.1. The maximum atomic E-state index is 4.82. The average Bonchev–Trinajstić information content (AvgIpc) is 2.94. The molecule has 0 aliphatic rings. The minimum Gasteiger partial charge on any atom is -0.813 e. The molecule has 0 aromatic heterocycles. The van der Waals surface area contributed by atoms with E-state index in [9.17, 15) is 0 Å². The summed E-state index contributed by atoms with van der Waals surface area (Å²) in [5.41, 5.74) is 0. The Labute approximate surface area is 340 Å². The molecule has 2 nitrogen and oxygen atoms in total. The van der Waals surface area contributed by atoms with Gasteiger partial charge in [-0.15, -0.1) is 0 Å². The quantitative estimate of drug-likeness (QED) is 0.0638. The molecule has 0 aliphatic heterocycles. The van der Waals surface area contributed by atoms with E-state index in [0.29, 0.717) is 0 Å². The first-order valence-corrected chi connectivity index (χ1v) is 33.9. The third-order valence-corrected chi connectivity index (χ3v) is 23.3. The molecule has 11 heteroatoms. The van der Waals surface area contributed by atoms with Crippen molar-refractivity contribution in [2.24, 2.45) is 0 Å². The van der Waals surface area contributed by atoms with Crippen LogP contribution in [-0.2, 0) is 33.9 Å². The Kier molecular flexibility index (Phi) is 25.5. The van der Waals surface area contributed by atoms with Crippen LogP contribution in [0, 0.1) is 0 Å². The first kappa shape index (κ1) is 51.2. The molecular formula is C38H63GeN2P2PdSSi4-. The average molecular weight is 933 g/mol. The number of benzene rings is 4. The molecule has 0 saturated heterocycles. The second-order valence-corrected chi connectivity index (χ2v) is 40.2. The van der Waals surface area contributed by atoms with E-state index >= 15 is 0 Å². The summed E-state index contributed by atoms with van der Waals surface area (Å²) >= 11 is 0. The van der Waals surface area contributed by atoms with E-state index in [-0.39, 0.29) is 51.5 Å². The van der Waals surface area contributed by atoms with Crippen LogP contribution in [0.25, 0.3) is 9.30 Å². The SMILES string of the molecule is C[Si](C)(C)[N-][Si](C)(C)C.C[Si](C)(C)[N-][Si](C)(C)C.[Ge].[Pd].[SH-].c1ccc([PH+](CC[PH+](c2ccccc2)c2ccccc2)c2ccccc2)cc1. The van der Waals surface area contributed by atoms with E-state index in [1.165, 1.54) is 33.5 Å². The Hall–Kier alpha value is 0.0827. The molecule has 4 radical (unpaired) electrons. The van der Waals surface area contributed by atoms with E-state index in [2.05, 4.69) is 200 Å². The molecule has 4 aromatic rings. The van der Waals surface area contributed by atoms with Gasteiger partial charge in [0.25, 0.3) is 0 Å². The Balaban J connectivity index is 0. The van der Waals surface area contributed by atoms with Crippen molar-refractivity contribution in [3.63, 3.8) is 0 Å². The molecule has 0 N–H and O–H groups in total. The number of rotatable bonds is 11. The summed E-state index contributed by atoms with van der Waals surface area (Å²) in [6.07, 6.45) is 2.52. The van der Waals surface area contributed by atoms with Gasteiger partial charge in [0.15, 0.2) is 0 Å². The minimum absolute atomic E-state index is 0. The van der Waals surface area contributed by atoms with Crippen LogP contribution in [0.1, 0.15) is 0 Å². The van der Waals surface area contributed by atoms with Crippen molar-refractivity contribution in [1.29, 1.82) is 0 Å². The van der Waals surface area contributed by atoms with Crippen molar-refractivity contribution in [2.75, 3.05) is 12.3 Å². The fourth-order valence-corrected chi connectivity index (χ4v) is 28.0. The summed E-state index contributed by atoms with van der Waals surface area (Å²) in [6, 6.07) is 44.5. The summed E-state index contributed by atoms with van der Waals surface area (Å²) in [4.78, 5) is 0. The summed E-state index contributed by atoms with van der Waals surface area (Å²) in [7, 11) is -5.99. The number of hydrogen-bond donors (Lipinski definition) is 0. The first-order valence-electron chi connectivity index (χ1n) is 16.7. The molecule has 272 valence electrons. The molecule has 49 heavy (non-hydrogen) atoms. The molecule has 4 aromatic carbocycles. The Morgan fingerprint density at radius 3 is 0.653 bits per heavy atom. The molecule has 0 bridgehead atoms. The van der Waals surface area contributed by atoms with Gasteiger partial charge in [0.1, 0.15) is 12.3 Å². The molecule has 0 spiro atoms. The molecular weight excluding hydrogens is 870 g/mol. The van der Waals surface area contributed by atoms with Gasteiger partial charge in [0.05, 0.1) is 37.1 Å². The third kappa shape index (κ3) is 24.1. The standard InChI is InChI=1S/C26H24P2.2C6H18NSi2.Ge.Pd.H2S/c1-5-13-23(14-6-1)27(24-15-7-2-8-16-24)21-22-28(25-17-9-3-10-18-25)26-19-11-4-12-20-26;2*1-8(2,3)7-9(4,5)6;;;/h1-20H,21-22H2;2*1-6H3;;;1H2/q;2*-1;;;/p+1. The van der Waals surface area contributed by atoms with Crippen LogP contribution >= 0.6 is 15.8 Å². The van der Waals surface area contributed by atoms with Gasteiger partial charge in [-0.3, -0.25) is 0 Å². The van der Waals surface area contributed by atoms with Crippen LogP contribution in [0.15, 0.2) is 121 Å². The van der Waals surface area contributed by atoms with E-state index in [1.807, 2.05) is 0 Å². The summed E-state index contributed by atoms with van der Waals surface area (Å²) in [5.74, 6) is 0. The van der Waals surface area contributed by atoms with Crippen molar-refractivity contribution in [3.8, 4) is 0 Å². The minimum atomic E-state index is -1.11. The third-order valence-electron chi connectivity index (χ3n) is 6.46. The molecule has 0 aliphatic carbocycles. The second-order valence-electron chi connectivity index (χ2n) is 15.8. The van der Waals surface area contributed by atoms with Crippen LogP contribution < -0.4 is 21.2 Å². The van der Waals surface area contributed by atoms with E-state index in [0.717, 1.165) is 0 Å². The van der Waals surface area contributed by atoms with Gasteiger partial charge in [-0.05, 0) is 48.5 Å². The number of hydrogen-bond acceptors (Lipinski definition) is 1. The van der Waals surface area contributed by atoms with Gasteiger partial charge in [-0.1, -0.05) is 184 Å². The summed E-state index contributed by atoms with van der Waals surface area (Å²) in [6.45, 7) is 27.6. The molecule has 0 heterocycles. The molecule has 0 unspecified atom stereocenters. The Morgan fingerprint density at radius 1 is 0.367 bits per heavy atom. The van der Waals surface area contributed by atoms with Crippen LogP contribution in [0.5, 0.6) is 0 Å². The van der Waals surface area contributed by atoms with Crippen LogP contribution in [0.2, 0.25) is 78.6 Å². The topological polar surface area (TPSA) is 28.2 Å². The maximum Gasteiger partial charge on any atom is 0.101 e. The van der Waals surface area contributed by atoms with Crippen LogP contribution in [0.3, 0.4) is 0 Å². The summed E-state index contributed by atoms with van der Waals surface area (Å²) in [5, 5.41) is 6.06. The van der Waals surface area contributed by atoms with Crippen molar-refractivity contribution in [2.45, 2.75) is 78.6 Å². The smallest absolute Gasteiger partial charge is 0.101 e. The van der Waals surface area contributed by atoms with Gasteiger partial charge < -0.3 is 22.8 Å². The zero-order valence-corrected chi connectivity index (χ0v) is 42.7. The molecule has 4 rings (SSSR count). The number of thiol groups is 1. The zero-order chi connectivity index (χ0) is 34.4. The fraction of sp³-hybridized carbons (Fsp3) is 0.368. The fourth-order valence-electron chi connectivity index (χ4n) is 5.73.